The summed E-state index contributed by atoms with van der Waals surface area (Å²) in [4.78, 5) is 11.9. The fourth-order valence-electron chi connectivity index (χ4n) is 2.10. The Kier molecular flexibility index (Phi) is 7.22. The predicted molar refractivity (Wildman–Crippen MR) is 108 cm³/mol. The molecule has 0 aliphatic heterocycles. The van der Waals surface area contributed by atoms with Crippen molar-refractivity contribution in [2.24, 2.45) is 0 Å². The van der Waals surface area contributed by atoms with E-state index in [1.165, 1.54) is 0 Å². The molecular formula is C19H21ClN2O2S. The molecule has 2 N–H and O–H groups in total. The Hall–Kier alpha value is -2.11. The Morgan fingerprint density at radius 2 is 1.88 bits per heavy atom. The first-order valence-electron chi connectivity index (χ1n) is 8.11. The van der Waals surface area contributed by atoms with E-state index in [2.05, 4.69) is 17.6 Å². The third kappa shape index (κ3) is 6.03. The van der Waals surface area contributed by atoms with Crippen LogP contribution in [0.2, 0.25) is 5.02 Å². The Labute approximate surface area is 158 Å². The number of unbranched alkanes of at least 4 members (excludes halogenated alkanes) is 1. The molecule has 0 spiro atoms. The minimum Gasteiger partial charge on any atom is -0.462 e. The first kappa shape index (κ1) is 19.2. The third-order valence-electron chi connectivity index (χ3n) is 3.56. The zero-order valence-electron chi connectivity index (χ0n) is 14.3. The lowest BCUT2D eigenvalue weighted by molar-refractivity contribution is 0.0500. The predicted octanol–water partition coefficient (Wildman–Crippen LogP) is 5.41. The van der Waals surface area contributed by atoms with Crippen molar-refractivity contribution in [2.75, 3.05) is 17.2 Å². The van der Waals surface area contributed by atoms with Crippen molar-refractivity contribution < 1.29 is 9.53 Å². The maximum Gasteiger partial charge on any atom is 0.338 e. The average Bonchev–Trinajstić information content (AvgIpc) is 2.59. The Morgan fingerprint density at radius 1 is 1.16 bits per heavy atom. The molecule has 0 atom stereocenters. The van der Waals surface area contributed by atoms with Gasteiger partial charge in [-0.15, -0.1) is 0 Å². The van der Waals surface area contributed by atoms with E-state index in [4.69, 9.17) is 28.6 Å². The standard InChI is InChI=1S/C19H21ClN2O2S/c1-3-4-11-24-18(23)14-6-9-16(10-7-14)21-19(25)22-17-12-15(20)8-5-13(17)2/h5-10,12H,3-4,11H2,1-2H3,(H2,21,22,25). The van der Waals surface area contributed by atoms with Gasteiger partial charge in [0.15, 0.2) is 5.11 Å². The number of esters is 1. The van der Waals surface area contributed by atoms with E-state index in [0.717, 1.165) is 29.8 Å². The molecule has 132 valence electrons. The lowest BCUT2D eigenvalue weighted by atomic mass is 10.2. The molecule has 6 heteroatoms. The van der Waals surface area contributed by atoms with Crippen LogP contribution in [-0.2, 0) is 4.74 Å². The van der Waals surface area contributed by atoms with Gasteiger partial charge in [-0.1, -0.05) is 31.0 Å². The van der Waals surface area contributed by atoms with E-state index in [1.54, 1.807) is 24.3 Å². The maximum absolute atomic E-state index is 11.9. The highest BCUT2D eigenvalue weighted by molar-refractivity contribution is 7.80. The summed E-state index contributed by atoms with van der Waals surface area (Å²) in [5, 5.41) is 7.28. The lowest BCUT2D eigenvalue weighted by Gasteiger charge is -2.13. The number of carbonyl (C=O) groups excluding carboxylic acids is 1. The largest absolute Gasteiger partial charge is 0.462 e. The number of carbonyl (C=O) groups is 1. The molecule has 25 heavy (non-hydrogen) atoms. The SMILES string of the molecule is CCCCOC(=O)c1ccc(NC(=S)Nc2cc(Cl)ccc2C)cc1. The number of hydrogen-bond donors (Lipinski definition) is 2. The van der Waals surface area contributed by atoms with E-state index in [0.29, 0.717) is 22.3 Å². The van der Waals surface area contributed by atoms with Crippen molar-refractivity contribution >= 4 is 46.3 Å². The molecule has 0 heterocycles. The molecule has 0 aliphatic carbocycles. The minimum atomic E-state index is -0.310. The van der Waals surface area contributed by atoms with Gasteiger partial charge in [-0.25, -0.2) is 4.79 Å². The number of halogens is 1. The van der Waals surface area contributed by atoms with Crippen LogP contribution in [-0.4, -0.2) is 17.7 Å². The van der Waals surface area contributed by atoms with E-state index >= 15 is 0 Å². The van der Waals surface area contributed by atoms with Gasteiger partial charge >= 0.3 is 5.97 Å². The monoisotopic (exact) mass is 376 g/mol. The van der Waals surface area contributed by atoms with Crippen LogP contribution in [0.4, 0.5) is 11.4 Å². The summed E-state index contributed by atoms with van der Waals surface area (Å²) < 4.78 is 5.18. The molecule has 0 amide bonds. The van der Waals surface area contributed by atoms with Crippen molar-refractivity contribution in [3.05, 3.63) is 58.6 Å². The molecule has 0 radical (unpaired) electrons. The van der Waals surface area contributed by atoms with Crippen molar-refractivity contribution in [1.82, 2.24) is 0 Å². The Balaban J connectivity index is 1.93. The summed E-state index contributed by atoms with van der Waals surface area (Å²) in [6.45, 7) is 4.47. The van der Waals surface area contributed by atoms with Gasteiger partial charge in [0.1, 0.15) is 0 Å². The molecule has 2 rings (SSSR count). The van der Waals surface area contributed by atoms with Gasteiger partial charge in [0.25, 0.3) is 0 Å². The molecule has 0 aromatic heterocycles. The summed E-state index contributed by atoms with van der Waals surface area (Å²) in [6, 6.07) is 12.6. The van der Waals surface area contributed by atoms with Crippen LogP contribution in [0.5, 0.6) is 0 Å². The van der Waals surface area contributed by atoms with Crippen molar-refractivity contribution in [1.29, 1.82) is 0 Å². The highest BCUT2D eigenvalue weighted by Crippen LogP contribution is 2.20. The molecule has 0 bridgehead atoms. The van der Waals surface area contributed by atoms with E-state index < -0.39 is 0 Å². The van der Waals surface area contributed by atoms with Crippen molar-refractivity contribution in [3.8, 4) is 0 Å². The zero-order chi connectivity index (χ0) is 18.2. The first-order valence-corrected chi connectivity index (χ1v) is 8.89. The van der Waals surface area contributed by atoms with Gasteiger partial charge in [0.05, 0.1) is 12.2 Å². The number of aryl methyl sites for hydroxylation is 1. The Morgan fingerprint density at radius 3 is 2.56 bits per heavy atom. The van der Waals surface area contributed by atoms with Gasteiger partial charge in [0, 0.05) is 16.4 Å². The maximum atomic E-state index is 11.9. The Bertz CT molecular complexity index is 748. The molecular weight excluding hydrogens is 356 g/mol. The number of ether oxygens (including phenoxy) is 1. The van der Waals surface area contributed by atoms with Gasteiger partial charge in [-0.05, 0) is 67.5 Å². The zero-order valence-corrected chi connectivity index (χ0v) is 15.8. The molecule has 2 aromatic carbocycles. The second-order valence-corrected chi connectivity index (χ2v) is 6.45. The number of anilines is 2. The normalized spacial score (nSPS) is 10.2. The fourth-order valence-corrected chi connectivity index (χ4v) is 2.50. The van der Waals surface area contributed by atoms with Crippen LogP contribution in [0.3, 0.4) is 0 Å². The second kappa shape index (κ2) is 9.39. The smallest absolute Gasteiger partial charge is 0.338 e. The number of benzene rings is 2. The number of nitrogens with one attached hydrogen (secondary N) is 2. The first-order chi connectivity index (χ1) is 12.0. The summed E-state index contributed by atoms with van der Waals surface area (Å²) in [7, 11) is 0. The van der Waals surface area contributed by atoms with Crippen LogP contribution in [0, 0.1) is 6.92 Å². The number of rotatable bonds is 6. The third-order valence-corrected chi connectivity index (χ3v) is 4.00. The quantitative estimate of drug-likeness (QED) is 0.401. The summed E-state index contributed by atoms with van der Waals surface area (Å²) >= 11 is 11.3. The molecule has 0 fully saturated rings. The van der Waals surface area contributed by atoms with Gasteiger partial charge in [-0.3, -0.25) is 0 Å². The molecule has 0 saturated heterocycles. The van der Waals surface area contributed by atoms with E-state index in [9.17, 15) is 4.79 Å². The molecule has 4 nitrogen and oxygen atoms in total. The van der Waals surface area contributed by atoms with Crippen LogP contribution >= 0.6 is 23.8 Å². The number of hydrogen-bond acceptors (Lipinski definition) is 3. The second-order valence-electron chi connectivity index (χ2n) is 5.61. The van der Waals surface area contributed by atoms with Crippen molar-refractivity contribution in [3.63, 3.8) is 0 Å². The highest BCUT2D eigenvalue weighted by atomic mass is 35.5. The van der Waals surface area contributed by atoms with E-state index in [1.807, 2.05) is 25.1 Å². The lowest BCUT2D eigenvalue weighted by Crippen LogP contribution is -2.19. The molecule has 0 unspecified atom stereocenters. The fraction of sp³-hybridized carbons (Fsp3) is 0.263. The molecule has 0 aliphatic rings. The van der Waals surface area contributed by atoms with Gasteiger partial charge < -0.3 is 15.4 Å². The van der Waals surface area contributed by atoms with Crippen LogP contribution in [0.15, 0.2) is 42.5 Å². The number of thiocarbonyl (C=S) groups is 1. The average molecular weight is 377 g/mol. The minimum absolute atomic E-state index is 0.310. The van der Waals surface area contributed by atoms with Gasteiger partial charge in [0.2, 0.25) is 0 Å². The van der Waals surface area contributed by atoms with Crippen LogP contribution in [0.25, 0.3) is 0 Å². The highest BCUT2D eigenvalue weighted by Gasteiger charge is 2.07. The van der Waals surface area contributed by atoms with E-state index in [-0.39, 0.29) is 5.97 Å². The summed E-state index contributed by atoms with van der Waals surface area (Å²) in [5.41, 5.74) is 3.19. The summed E-state index contributed by atoms with van der Waals surface area (Å²) in [5.74, 6) is -0.310. The summed E-state index contributed by atoms with van der Waals surface area (Å²) in [6.07, 6.45) is 1.86. The molecule has 0 saturated carbocycles. The van der Waals surface area contributed by atoms with Crippen LogP contribution in [0.1, 0.15) is 35.7 Å². The topological polar surface area (TPSA) is 50.4 Å². The van der Waals surface area contributed by atoms with Crippen LogP contribution < -0.4 is 10.6 Å². The molecule has 2 aromatic rings. The van der Waals surface area contributed by atoms with Crippen molar-refractivity contribution in [2.45, 2.75) is 26.7 Å². The van der Waals surface area contributed by atoms with Gasteiger partial charge in [-0.2, -0.15) is 0 Å².